The van der Waals surface area contributed by atoms with Crippen LogP contribution in [0.25, 0.3) is 0 Å². The predicted molar refractivity (Wildman–Crippen MR) is 86.6 cm³/mol. The molecule has 1 heterocycles. The molecule has 1 aliphatic rings. The molecule has 1 aliphatic carbocycles. The summed E-state index contributed by atoms with van der Waals surface area (Å²) in [6.07, 6.45) is 3.37. The van der Waals surface area contributed by atoms with Crippen molar-refractivity contribution in [2.75, 3.05) is 14.2 Å². The summed E-state index contributed by atoms with van der Waals surface area (Å²) in [6, 6.07) is 8.43. The van der Waals surface area contributed by atoms with E-state index in [1.807, 2.05) is 17.7 Å². The molecule has 1 aromatic heterocycles. The van der Waals surface area contributed by atoms with Crippen molar-refractivity contribution >= 4 is 15.9 Å². The van der Waals surface area contributed by atoms with Gasteiger partial charge in [0.1, 0.15) is 0 Å². The number of methoxy groups -OCH3 is 2. The molecule has 2 aromatic rings. The highest BCUT2D eigenvalue weighted by molar-refractivity contribution is 9.10. The molecule has 0 atom stereocenters. The predicted octanol–water partition coefficient (Wildman–Crippen LogP) is 3.07. The summed E-state index contributed by atoms with van der Waals surface area (Å²) in [5, 5.41) is 8.20. The molecule has 0 N–H and O–H groups in total. The fraction of sp³-hybridized carbons (Fsp3) is 0.500. The van der Waals surface area contributed by atoms with Crippen LogP contribution in [0.15, 0.2) is 34.9 Å². The highest BCUT2D eigenvalue weighted by Gasteiger charge is 2.57. The summed E-state index contributed by atoms with van der Waals surface area (Å²) in [5.41, 5.74) is 2.26. The maximum atomic E-state index is 5.60. The fourth-order valence-corrected chi connectivity index (χ4v) is 3.73. The van der Waals surface area contributed by atoms with Crippen LogP contribution in [-0.2, 0) is 21.4 Å². The number of aromatic nitrogens is 3. The van der Waals surface area contributed by atoms with Gasteiger partial charge < -0.3 is 9.47 Å². The van der Waals surface area contributed by atoms with Crippen molar-refractivity contribution in [3.05, 3.63) is 46.2 Å². The normalized spacial score (nSPS) is 18.9. The summed E-state index contributed by atoms with van der Waals surface area (Å²) in [4.78, 5) is 0. The van der Waals surface area contributed by atoms with Crippen LogP contribution in [0.3, 0.4) is 0 Å². The van der Waals surface area contributed by atoms with Crippen molar-refractivity contribution in [1.82, 2.24) is 15.0 Å². The average molecular weight is 366 g/mol. The molecule has 3 rings (SSSR count). The summed E-state index contributed by atoms with van der Waals surface area (Å²) < 4.78 is 14.2. The second kappa shape index (κ2) is 5.76. The van der Waals surface area contributed by atoms with E-state index in [4.69, 9.17) is 9.47 Å². The number of benzene rings is 1. The Kier molecular flexibility index (Phi) is 4.09. The molecule has 0 aliphatic heterocycles. The second-order valence-electron chi connectivity index (χ2n) is 6.00. The van der Waals surface area contributed by atoms with Crippen molar-refractivity contribution < 1.29 is 9.47 Å². The standard InChI is InChI=1S/C16H20BrN3O2/c1-12-8-18-19-20(12)11-15(9-16(10-15,21-2)22-3)13-5-4-6-14(17)7-13/h4-8H,9-11H2,1-3H3. The van der Waals surface area contributed by atoms with Crippen molar-refractivity contribution in [3.8, 4) is 0 Å². The lowest BCUT2D eigenvalue weighted by Crippen LogP contribution is -2.58. The van der Waals surface area contributed by atoms with Gasteiger partial charge in [-0.1, -0.05) is 33.3 Å². The average Bonchev–Trinajstić information content (AvgIpc) is 2.88. The number of halogens is 1. The van der Waals surface area contributed by atoms with E-state index in [0.29, 0.717) is 0 Å². The first-order chi connectivity index (χ1) is 10.5. The topological polar surface area (TPSA) is 49.2 Å². The highest BCUT2D eigenvalue weighted by Crippen LogP contribution is 2.53. The number of ether oxygens (including phenoxy) is 2. The van der Waals surface area contributed by atoms with E-state index < -0.39 is 5.79 Å². The molecule has 118 valence electrons. The van der Waals surface area contributed by atoms with Gasteiger partial charge in [0.25, 0.3) is 0 Å². The van der Waals surface area contributed by atoms with E-state index in [-0.39, 0.29) is 5.41 Å². The molecule has 0 spiro atoms. The van der Waals surface area contributed by atoms with Gasteiger partial charge in [0.15, 0.2) is 5.79 Å². The van der Waals surface area contributed by atoms with Crippen molar-refractivity contribution in [2.24, 2.45) is 0 Å². The molecular formula is C16H20BrN3O2. The Bertz CT molecular complexity index is 659. The smallest absolute Gasteiger partial charge is 0.169 e. The maximum Gasteiger partial charge on any atom is 0.169 e. The van der Waals surface area contributed by atoms with Gasteiger partial charge >= 0.3 is 0 Å². The third-order valence-corrected chi connectivity index (χ3v) is 5.15. The number of hydrogen-bond acceptors (Lipinski definition) is 4. The first kappa shape index (κ1) is 15.6. The van der Waals surface area contributed by atoms with E-state index >= 15 is 0 Å². The molecule has 0 saturated heterocycles. The largest absolute Gasteiger partial charge is 0.353 e. The zero-order valence-corrected chi connectivity index (χ0v) is 14.6. The van der Waals surface area contributed by atoms with Gasteiger partial charge in [0.05, 0.1) is 18.4 Å². The Morgan fingerprint density at radius 1 is 1.27 bits per heavy atom. The minimum Gasteiger partial charge on any atom is -0.353 e. The number of hydrogen-bond donors (Lipinski definition) is 0. The van der Waals surface area contributed by atoms with Crippen molar-refractivity contribution in [3.63, 3.8) is 0 Å². The molecular weight excluding hydrogens is 346 g/mol. The van der Waals surface area contributed by atoms with Crippen LogP contribution in [0.1, 0.15) is 24.1 Å². The van der Waals surface area contributed by atoms with Crippen LogP contribution >= 0.6 is 15.9 Å². The van der Waals surface area contributed by atoms with E-state index in [2.05, 4.69) is 44.4 Å². The zero-order valence-electron chi connectivity index (χ0n) is 13.0. The third kappa shape index (κ3) is 2.59. The van der Waals surface area contributed by atoms with Gasteiger partial charge in [-0.05, 0) is 24.6 Å². The van der Waals surface area contributed by atoms with Crippen LogP contribution in [0.4, 0.5) is 0 Å². The summed E-state index contributed by atoms with van der Waals surface area (Å²) >= 11 is 3.57. The molecule has 1 fully saturated rings. The fourth-order valence-electron chi connectivity index (χ4n) is 3.33. The summed E-state index contributed by atoms with van der Waals surface area (Å²) in [6.45, 7) is 2.79. The quantitative estimate of drug-likeness (QED) is 0.764. The van der Waals surface area contributed by atoms with Crippen LogP contribution in [0.5, 0.6) is 0 Å². The monoisotopic (exact) mass is 365 g/mol. The molecule has 0 bridgehead atoms. The van der Waals surface area contributed by atoms with Crippen LogP contribution in [0.2, 0.25) is 0 Å². The minimum absolute atomic E-state index is 0.0613. The molecule has 1 aromatic carbocycles. The molecule has 6 heteroatoms. The molecule has 0 unspecified atom stereocenters. The molecule has 0 radical (unpaired) electrons. The SMILES string of the molecule is COC1(OC)CC(Cn2nncc2C)(c2cccc(Br)c2)C1. The number of aryl methyl sites for hydroxylation is 1. The van der Waals surface area contributed by atoms with Gasteiger partial charge in [-0.3, -0.25) is 0 Å². The number of nitrogens with zero attached hydrogens (tertiary/aromatic N) is 3. The molecule has 0 amide bonds. The van der Waals surface area contributed by atoms with E-state index in [0.717, 1.165) is 29.6 Å². The first-order valence-corrected chi connectivity index (χ1v) is 8.03. The lowest BCUT2D eigenvalue weighted by atomic mass is 9.60. The van der Waals surface area contributed by atoms with Crippen molar-refractivity contribution in [1.29, 1.82) is 0 Å². The van der Waals surface area contributed by atoms with E-state index in [9.17, 15) is 0 Å². The molecule has 5 nitrogen and oxygen atoms in total. The lowest BCUT2D eigenvalue weighted by Gasteiger charge is -2.54. The first-order valence-electron chi connectivity index (χ1n) is 7.24. The Morgan fingerprint density at radius 3 is 2.55 bits per heavy atom. The summed E-state index contributed by atoms with van der Waals surface area (Å²) in [7, 11) is 3.41. The van der Waals surface area contributed by atoms with Gasteiger partial charge in [-0.2, -0.15) is 0 Å². The minimum atomic E-state index is -0.503. The van der Waals surface area contributed by atoms with Gasteiger partial charge in [-0.25, -0.2) is 4.68 Å². The third-order valence-electron chi connectivity index (χ3n) is 4.66. The number of rotatable bonds is 5. The molecule has 22 heavy (non-hydrogen) atoms. The van der Waals surface area contributed by atoms with Gasteiger partial charge in [-0.15, -0.1) is 5.10 Å². The van der Waals surface area contributed by atoms with Crippen LogP contribution < -0.4 is 0 Å². The molecule has 1 saturated carbocycles. The van der Waals surface area contributed by atoms with E-state index in [1.165, 1.54) is 5.56 Å². The van der Waals surface area contributed by atoms with Crippen LogP contribution in [0, 0.1) is 6.92 Å². The maximum absolute atomic E-state index is 5.60. The zero-order chi connectivity index (χ0) is 15.8. The second-order valence-corrected chi connectivity index (χ2v) is 6.91. The highest BCUT2D eigenvalue weighted by atomic mass is 79.9. The van der Waals surface area contributed by atoms with E-state index in [1.54, 1.807) is 20.4 Å². The Labute approximate surface area is 138 Å². The van der Waals surface area contributed by atoms with Crippen molar-refractivity contribution in [2.45, 2.75) is 37.5 Å². The Hall–Kier alpha value is -1.24. The Morgan fingerprint density at radius 2 is 2.00 bits per heavy atom. The van der Waals surface area contributed by atoms with Gasteiger partial charge in [0, 0.05) is 36.9 Å². The lowest BCUT2D eigenvalue weighted by molar-refractivity contribution is -0.280. The Balaban J connectivity index is 1.96. The summed E-state index contributed by atoms with van der Waals surface area (Å²) in [5.74, 6) is -0.503. The van der Waals surface area contributed by atoms with Crippen LogP contribution in [-0.4, -0.2) is 35.0 Å². The van der Waals surface area contributed by atoms with Gasteiger partial charge in [0.2, 0.25) is 0 Å².